The lowest BCUT2D eigenvalue weighted by atomic mass is 9.99. The number of rotatable bonds is 7. The first-order valence-electron chi connectivity index (χ1n) is 9.20. The molecule has 0 bridgehead atoms. The average molecular weight is 452 g/mol. The van der Waals surface area contributed by atoms with E-state index in [1.54, 1.807) is 21.3 Å². The van der Waals surface area contributed by atoms with Crippen molar-refractivity contribution in [1.29, 1.82) is 0 Å². The van der Waals surface area contributed by atoms with E-state index in [1.165, 1.54) is 0 Å². The summed E-state index contributed by atoms with van der Waals surface area (Å²) in [6, 6.07) is 7.55. The minimum absolute atomic E-state index is 0.0767. The van der Waals surface area contributed by atoms with Crippen molar-refractivity contribution in [3.8, 4) is 17.2 Å². The highest BCUT2D eigenvalue weighted by molar-refractivity contribution is 9.09. The van der Waals surface area contributed by atoms with Crippen LogP contribution in [0.1, 0.15) is 23.7 Å². The van der Waals surface area contributed by atoms with Crippen molar-refractivity contribution >= 4 is 22.0 Å². The van der Waals surface area contributed by atoms with Gasteiger partial charge in [-0.15, -0.1) is 0 Å². The number of ether oxygens (including phenoxy) is 3. The summed E-state index contributed by atoms with van der Waals surface area (Å²) >= 11 is 3.40. The normalized spacial score (nSPS) is 15.7. The number of fused-ring (bicyclic) bond motifs is 1. The third-order valence-electron chi connectivity index (χ3n) is 4.89. The Hall–Kier alpha value is -2.35. The van der Waals surface area contributed by atoms with Crippen molar-refractivity contribution in [3.63, 3.8) is 0 Å². The number of amides is 2. The molecule has 0 saturated carbocycles. The van der Waals surface area contributed by atoms with E-state index in [0.29, 0.717) is 30.3 Å². The smallest absolute Gasteiger partial charge is 0.318 e. The highest BCUT2D eigenvalue weighted by Crippen LogP contribution is 2.43. The molecule has 0 spiro atoms. The topological polar surface area (TPSA) is 65.0 Å². The molecular weight excluding hydrogens is 426 g/mol. The van der Waals surface area contributed by atoms with E-state index in [4.69, 9.17) is 14.2 Å². The van der Waals surface area contributed by atoms with E-state index >= 15 is 0 Å². The van der Waals surface area contributed by atoms with Crippen LogP contribution in [0, 0.1) is 0 Å². The molecule has 1 aliphatic heterocycles. The second-order valence-corrected chi connectivity index (χ2v) is 7.25. The summed E-state index contributed by atoms with van der Waals surface area (Å²) in [5, 5.41) is 3.87. The molecule has 2 heterocycles. The summed E-state index contributed by atoms with van der Waals surface area (Å²) in [5.74, 6) is 1.67. The second-order valence-electron chi connectivity index (χ2n) is 6.46. The Labute approximate surface area is 173 Å². The van der Waals surface area contributed by atoms with Crippen LogP contribution in [0.2, 0.25) is 0 Å². The van der Waals surface area contributed by atoms with E-state index in [-0.39, 0.29) is 12.1 Å². The van der Waals surface area contributed by atoms with Crippen molar-refractivity contribution in [2.75, 3.05) is 39.7 Å². The Morgan fingerprint density at radius 3 is 2.50 bits per heavy atom. The number of hydrogen-bond donors (Lipinski definition) is 1. The van der Waals surface area contributed by atoms with Gasteiger partial charge in [-0.25, -0.2) is 4.79 Å². The first kappa shape index (κ1) is 20.4. The molecule has 1 N–H and O–H groups in total. The Kier molecular flexibility index (Phi) is 6.72. The van der Waals surface area contributed by atoms with E-state index in [1.807, 2.05) is 35.4 Å². The van der Waals surface area contributed by atoms with Gasteiger partial charge in [-0.3, -0.25) is 0 Å². The maximum absolute atomic E-state index is 12.9. The average Bonchev–Trinajstić information content (AvgIpc) is 3.20. The summed E-state index contributed by atoms with van der Waals surface area (Å²) in [7, 11) is 4.76. The number of benzene rings is 1. The zero-order chi connectivity index (χ0) is 20.1. The maximum atomic E-state index is 12.9. The highest BCUT2D eigenvalue weighted by Gasteiger charge is 2.33. The Morgan fingerprint density at radius 2 is 1.89 bits per heavy atom. The van der Waals surface area contributed by atoms with Crippen molar-refractivity contribution in [2.45, 2.75) is 19.0 Å². The zero-order valence-electron chi connectivity index (χ0n) is 16.4. The number of nitrogens with zero attached hydrogens (tertiary/aromatic N) is 2. The molecule has 2 aromatic rings. The molecule has 7 nitrogen and oxygen atoms in total. The quantitative estimate of drug-likeness (QED) is 0.517. The third kappa shape index (κ3) is 3.92. The van der Waals surface area contributed by atoms with Crippen LogP contribution in [0.3, 0.4) is 0 Å². The molecule has 0 fully saturated rings. The lowest BCUT2D eigenvalue weighted by Crippen LogP contribution is -2.47. The molecule has 1 aromatic carbocycles. The summed E-state index contributed by atoms with van der Waals surface area (Å²) in [5.41, 5.74) is 1.96. The van der Waals surface area contributed by atoms with Gasteiger partial charge in [0.1, 0.15) is 0 Å². The van der Waals surface area contributed by atoms with Crippen molar-refractivity contribution < 1.29 is 19.0 Å². The second kappa shape index (κ2) is 9.23. The van der Waals surface area contributed by atoms with Crippen LogP contribution >= 0.6 is 15.9 Å². The first-order chi connectivity index (χ1) is 13.6. The highest BCUT2D eigenvalue weighted by atomic mass is 79.9. The molecule has 3 rings (SSSR count). The minimum atomic E-state index is -0.249. The van der Waals surface area contributed by atoms with Crippen molar-refractivity contribution in [1.82, 2.24) is 14.8 Å². The van der Waals surface area contributed by atoms with E-state index in [2.05, 4.69) is 25.8 Å². The molecule has 2 amide bonds. The number of halogens is 1. The standard InChI is InChI=1S/C20H26BrN3O4/c1-26-16-12-14(13-17(27-2)19(16)28-3)18-15-6-4-9-23(15)10-11-24(18)20(25)22-8-5-7-21/h4,6,9,12-13,18H,5,7-8,10-11H2,1-3H3,(H,22,25). The fourth-order valence-corrected chi connectivity index (χ4v) is 3.86. The van der Waals surface area contributed by atoms with Crippen LogP contribution in [0.5, 0.6) is 17.2 Å². The molecule has 1 aliphatic rings. The van der Waals surface area contributed by atoms with Crippen LogP contribution in [0.25, 0.3) is 0 Å². The summed E-state index contributed by atoms with van der Waals surface area (Å²) in [6.45, 7) is 2.00. The third-order valence-corrected chi connectivity index (χ3v) is 5.45. The molecule has 28 heavy (non-hydrogen) atoms. The van der Waals surface area contributed by atoms with E-state index in [0.717, 1.165) is 29.6 Å². The van der Waals surface area contributed by atoms with Crippen molar-refractivity contribution in [2.24, 2.45) is 0 Å². The van der Waals surface area contributed by atoms with Gasteiger partial charge in [-0.2, -0.15) is 0 Å². The monoisotopic (exact) mass is 451 g/mol. The number of methoxy groups -OCH3 is 3. The number of alkyl halides is 1. The predicted octanol–water partition coefficient (Wildman–Crippen LogP) is 3.41. The Balaban J connectivity index is 2.03. The summed E-state index contributed by atoms with van der Waals surface area (Å²) in [4.78, 5) is 14.8. The SMILES string of the molecule is COc1cc(C2c3cccn3CCN2C(=O)NCCCBr)cc(OC)c1OC. The van der Waals surface area contributed by atoms with Gasteiger partial charge in [0.2, 0.25) is 5.75 Å². The van der Waals surface area contributed by atoms with Crippen LogP contribution in [-0.4, -0.2) is 55.2 Å². The molecule has 0 radical (unpaired) electrons. The minimum Gasteiger partial charge on any atom is -0.493 e. The zero-order valence-corrected chi connectivity index (χ0v) is 18.0. The number of carbonyl (C=O) groups is 1. The molecule has 1 unspecified atom stereocenters. The Bertz CT molecular complexity index is 799. The Morgan fingerprint density at radius 1 is 1.18 bits per heavy atom. The van der Waals surface area contributed by atoms with Gasteiger partial charge in [-0.05, 0) is 36.2 Å². The molecule has 0 aliphatic carbocycles. The van der Waals surface area contributed by atoms with E-state index < -0.39 is 0 Å². The van der Waals surface area contributed by atoms with Gasteiger partial charge >= 0.3 is 6.03 Å². The van der Waals surface area contributed by atoms with E-state index in [9.17, 15) is 4.79 Å². The van der Waals surface area contributed by atoms with Gasteiger partial charge < -0.3 is 29.0 Å². The summed E-state index contributed by atoms with van der Waals surface area (Å²) in [6.07, 6.45) is 2.92. The molecule has 1 atom stereocenters. The fourth-order valence-electron chi connectivity index (χ4n) is 3.58. The lowest BCUT2D eigenvalue weighted by molar-refractivity contribution is 0.168. The van der Waals surface area contributed by atoms with Gasteiger partial charge in [0.05, 0.1) is 27.4 Å². The number of carbonyl (C=O) groups excluding carboxylic acids is 1. The van der Waals surface area contributed by atoms with Gasteiger partial charge in [0.15, 0.2) is 11.5 Å². The maximum Gasteiger partial charge on any atom is 0.318 e. The summed E-state index contributed by atoms with van der Waals surface area (Å²) < 4.78 is 18.7. The number of nitrogens with one attached hydrogen (secondary N) is 1. The number of aromatic nitrogens is 1. The first-order valence-corrected chi connectivity index (χ1v) is 10.3. The van der Waals surface area contributed by atoms with Gasteiger partial charge in [-0.1, -0.05) is 15.9 Å². The van der Waals surface area contributed by atoms with Gasteiger partial charge in [0.25, 0.3) is 0 Å². The number of hydrogen-bond acceptors (Lipinski definition) is 4. The molecule has 8 heteroatoms. The van der Waals surface area contributed by atoms with Crippen LogP contribution in [0.4, 0.5) is 4.79 Å². The molecule has 152 valence electrons. The van der Waals surface area contributed by atoms with Crippen molar-refractivity contribution in [3.05, 3.63) is 41.7 Å². The van der Waals surface area contributed by atoms with Gasteiger partial charge in [0, 0.05) is 36.9 Å². The molecule has 1 aromatic heterocycles. The molecular formula is C20H26BrN3O4. The van der Waals surface area contributed by atoms with Crippen LogP contribution in [0.15, 0.2) is 30.5 Å². The largest absolute Gasteiger partial charge is 0.493 e. The predicted molar refractivity (Wildman–Crippen MR) is 111 cm³/mol. The fraction of sp³-hybridized carbons (Fsp3) is 0.450. The number of urea groups is 1. The lowest BCUT2D eigenvalue weighted by Gasteiger charge is -2.37. The van der Waals surface area contributed by atoms with Crippen LogP contribution in [-0.2, 0) is 6.54 Å². The molecule has 0 saturated heterocycles. The van der Waals surface area contributed by atoms with Crippen LogP contribution < -0.4 is 19.5 Å².